The summed E-state index contributed by atoms with van der Waals surface area (Å²) >= 11 is 1.65. The predicted molar refractivity (Wildman–Crippen MR) is 160 cm³/mol. The van der Waals surface area contributed by atoms with E-state index in [1.54, 1.807) is 17.8 Å². The van der Waals surface area contributed by atoms with Crippen molar-refractivity contribution in [3.8, 4) is 0 Å². The van der Waals surface area contributed by atoms with Gasteiger partial charge in [-0.2, -0.15) is 4.57 Å². The van der Waals surface area contributed by atoms with E-state index in [2.05, 4.69) is 59.7 Å². The molecule has 2 heterocycles. The number of nitrogens with zero attached hydrogens (tertiary/aromatic N) is 2. The van der Waals surface area contributed by atoms with E-state index in [4.69, 9.17) is 0 Å². The summed E-state index contributed by atoms with van der Waals surface area (Å²) in [5.74, 6) is -0.304. The minimum Gasteiger partial charge on any atom is -0.871 e. The van der Waals surface area contributed by atoms with Crippen LogP contribution >= 0.6 is 11.8 Å². The van der Waals surface area contributed by atoms with Crippen molar-refractivity contribution in [3.63, 3.8) is 0 Å². The summed E-state index contributed by atoms with van der Waals surface area (Å²) in [7, 11) is 0. The number of Topliss-reactive ketones (excluding diaryl/α,β-unsaturated/α-hetero) is 1. The molecule has 0 bridgehead atoms. The maximum Gasteiger partial charge on any atom is 0.212 e. The first-order chi connectivity index (χ1) is 19.1. The Hall–Kier alpha value is -3.31. The van der Waals surface area contributed by atoms with Gasteiger partial charge in [0.25, 0.3) is 0 Å². The van der Waals surface area contributed by atoms with E-state index in [-0.39, 0.29) is 17.1 Å². The first kappa shape index (κ1) is 27.3. The molecule has 0 amide bonds. The Morgan fingerprint density at radius 1 is 0.846 bits per heavy atom. The van der Waals surface area contributed by atoms with Crippen LogP contribution < -0.4 is 14.6 Å². The van der Waals surface area contributed by atoms with Crippen LogP contribution in [-0.4, -0.2) is 12.3 Å². The average Bonchev–Trinajstić information content (AvgIpc) is 3.32. The molecule has 39 heavy (non-hydrogen) atoms. The summed E-state index contributed by atoms with van der Waals surface area (Å²) in [6, 6.07) is 20.8. The van der Waals surface area contributed by atoms with Crippen LogP contribution in [0.5, 0.6) is 0 Å². The Bertz CT molecular complexity index is 1450. The van der Waals surface area contributed by atoms with Gasteiger partial charge < -0.3 is 10.0 Å². The fourth-order valence-electron chi connectivity index (χ4n) is 5.41. The average molecular weight is 539 g/mol. The van der Waals surface area contributed by atoms with Crippen molar-refractivity contribution in [2.75, 3.05) is 11.4 Å². The number of para-hydroxylation sites is 2. The highest BCUT2D eigenvalue weighted by Gasteiger charge is 2.31. The van der Waals surface area contributed by atoms with E-state index >= 15 is 0 Å². The molecule has 5 rings (SSSR count). The molecule has 0 radical (unpaired) electrons. The zero-order valence-corrected chi connectivity index (χ0v) is 23.9. The van der Waals surface area contributed by atoms with Gasteiger partial charge in [0, 0.05) is 52.6 Å². The molecule has 1 aliphatic carbocycles. The fourth-order valence-corrected chi connectivity index (χ4v) is 6.54. The molecule has 2 aromatic carbocycles. The maximum absolute atomic E-state index is 13.3. The lowest BCUT2D eigenvalue weighted by Crippen LogP contribution is -2.39. The SMILES string of the molecule is CCCCCCN1C(=CC2=C([O-])C(=Cc3ccc4ccccc4[n+]3CCCCCC)C2=O)Sc2ccccc21. The Morgan fingerprint density at radius 3 is 2.38 bits per heavy atom. The summed E-state index contributed by atoms with van der Waals surface area (Å²) in [6.07, 6.45) is 12.9. The van der Waals surface area contributed by atoms with Crippen LogP contribution in [0, 0.1) is 0 Å². The number of carbonyl (C=O) groups excluding carboxylic acids is 1. The van der Waals surface area contributed by atoms with Crippen molar-refractivity contribution in [2.24, 2.45) is 0 Å². The zero-order valence-electron chi connectivity index (χ0n) is 23.1. The molecule has 0 saturated heterocycles. The van der Waals surface area contributed by atoms with Gasteiger partial charge in [0.05, 0.1) is 10.7 Å². The lowest BCUT2D eigenvalue weighted by atomic mass is 9.87. The molecular formula is C34H38N2O2S. The number of anilines is 1. The van der Waals surface area contributed by atoms with Crippen molar-refractivity contribution in [1.82, 2.24) is 0 Å². The standard InChI is InChI=1S/C34H38N2O2S/c1-3-5-7-13-21-35-26(20-19-25-15-9-10-16-29(25)35)23-27-33(37)28(34(27)38)24-32-36(22-14-8-6-4-2)30-17-11-12-18-31(30)39-32/h9-12,15-20,23-24H,3-8,13-14,21-22H2,1-2H3. The molecule has 0 unspecified atom stereocenters. The number of pyridine rings is 1. The highest BCUT2D eigenvalue weighted by molar-refractivity contribution is 8.03. The summed E-state index contributed by atoms with van der Waals surface area (Å²) < 4.78 is 2.26. The monoisotopic (exact) mass is 538 g/mol. The number of carbonyl (C=O) groups is 1. The highest BCUT2D eigenvalue weighted by Crippen LogP contribution is 2.47. The molecule has 4 nitrogen and oxygen atoms in total. The minimum absolute atomic E-state index is 0.152. The summed E-state index contributed by atoms with van der Waals surface area (Å²) in [6.45, 7) is 6.19. The Morgan fingerprint density at radius 2 is 1.59 bits per heavy atom. The number of benzene rings is 2. The number of rotatable bonds is 12. The molecular weight excluding hydrogens is 500 g/mol. The summed E-state index contributed by atoms with van der Waals surface area (Å²) in [5, 5.41) is 15.4. The zero-order chi connectivity index (χ0) is 27.2. The molecule has 0 atom stereocenters. The maximum atomic E-state index is 13.3. The molecule has 2 aliphatic rings. The number of fused-ring (bicyclic) bond motifs is 2. The number of thioether (sulfide) groups is 1. The third-order valence-electron chi connectivity index (χ3n) is 7.62. The number of hydrogen-bond acceptors (Lipinski definition) is 4. The molecule has 0 fully saturated rings. The van der Waals surface area contributed by atoms with Crippen LogP contribution in [0.2, 0.25) is 0 Å². The van der Waals surface area contributed by atoms with Gasteiger partial charge in [0.1, 0.15) is 6.54 Å². The van der Waals surface area contributed by atoms with E-state index in [0.29, 0.717) is 5.57 Å². The topological polar surface area (TPSA) is 47.2 Å². The lowest BCUT2D eigenvalue weighted by Gasteiger charge is -2.29. The number of unbranched alkanes of at least 4 members (excludes halogenated alkanes) is 6. The molecule has 3 aromatic rings. The van der Waals surface area contributed by atoms with Crippen LogP contribution in [-0.2, 0) is 11.3 Å². The molecule has 1 aliphatic heterocycles. The van der Waals surface area contributed by atoms with Crippen molar-refractivity contribution in [3.05, 3.63) is 94.4 Å². The second kappa shape index (κ2) is 12.7. The van der Waals surface area contributed by atoms with Crippen LogP contribution in [0.1, 0.15) is 70.9 Å². The largest absolute Gasteiger partial charge is 0.871 e. The number of aryl methyl sites for hydroxylation is 1. The normalized spacial score (nSPS) is 17.0. The smallest absolute Gasteiger partial charge is 0.212 e. The van der Waals surface area contributed by atoms with Crippen molar-refractivity contribution >= 4 is 40.2 Å². The first-order valence-electron chi connectivity index (χ1n) is 14.5. The molecule has 0 N–H and O–H groups in total. The van der Waals surface area contributed by atoms with Crippen molar-refractivity contribution in [2.45, 2.75) is 76.7 Å². The van der Waals surface area contributed by atoms with Crippen LogP contribution in [0.15, 0.2) is 93.6 Å². The van der Waals surface area contributed by atoms with Gasteiger partial charge in [-0.15, -0.1) is 0 Å². The van der Waals surface area contributed by atoms with Crippen LogP contribution in [0.25, 0.3) is 17.0 Å². The minimum atomic E-state index is -0.152. The number of aromatic nitrogens is 1. The van der Waals surface area contributed by atoms with E-state index in [0.717, 1.165) is 47.6 Å². The quantitative estimate of drug-likeness (QED) is 0.138. The predicted octanol–water partition coefficient (Wildman–Crippen LogP) is 7.32. The third-order valence-corrected chi connectivity index (χ3v) is 8.73. The van der Waals surface area contributed by atoms with Gasteiger partial charge in [0.2, 0.25) is 11.2 Å². The van der Waals surface area contributed by atoms with Gasteiger partial charge in [-0.1, -0.05) is 87.7 Å². The second-order valence-corrected chi connectivity index (χ2v) is 11.5. The van der Waals surface area contributed by atoms with Gasteiger partial charge in [-0.3, -0.25) is 4.79 Å². The fraction of sp³-hybridized carbons (Fsp3) is 0.353. The second-order valence-electron chi connectivity index (χ2n) is 10.4. The Labute approximate surface area is 236 Å². The molecule has 1 aromatic heterocycles. The van der Waals surface area contributed by atoms with E-state index in [9.17, 15) is 9.90 Å². The Balaban J connectivity index is 1.43. The van der Waals surface area contributed by atoms with Crippen LogP contribution in [0.4, 0.5) is 5.69 Å². The molecule has 0 saturated carbocycles. The number of hydrogen-bond donors (Lipinski definition) is 0. The Kier molecular flexibility index (Phi) is 8.88. The van der Waals surface area contributed by atoms with E-state index in [1.165, 1.54) is 49.1 Å². The van der Waals surface area contributed by atoms with Crippen LogP contribution in [0.3, 0.4) is 0 Å². The molecule has 0 spiro atoms. The van der Waals surface area contributed by atoms with E-state index < -0.39 is 0 Å². The summed E-state index contributed by atoms with van der Waals surface area (Å²) in [5.41, 5.74) is 3.79. The van der Waals surface area contributed by atoms with E-state index in [1.807, 2.05) is 30.3 Å². The van der Waals surface area contributed by atoms with Gasteiger partial charge in [-0.25, -0.2) is 0 Å². The van der Waals surface area contributed by atoms with Gasteiger partial charge in [-0.05, 0) is 43.2 Å². The highest BCUT2D eigenvalue weighted by atomic mass is 32.2. The third kappa shape index (κ3) is 5.84. The first-order valence-corrected chi connectivity index (χ1v) is 15.3. The summed E-state index contributed by atoms with van der Waals surface area (Å²) in [4.78, 5) is 16.8. The molecule has 202 valence electrons. The number of allylic oxidation sites excluding steroid dienone is 3. The van der Waals surface area contributed by atoms with Gasteiger partial charge >= 0.3 is 0 Å². The lowest BCUT2D eigenvalue weighted by molar-refractivity contribution is -0.673. The van der Waals surface area contributed by atoms with Gasteiger partial charge in [0.15, 0.2) is 5.78 Å². The molecule has 5 heteroatoms. The van der Waals surface area contributed by atoms with Crippen molar-refractivity contribution < 1.29 is 14.5 Å². The number of ketones is 1. The van der Waals surface area contributed by atoms with Crippen molar-refractivity contribution in [1.29, 1.82) is 0 Å².